The van der Waals surface area contributed by atoms with Crippen LogP contribution < -0.4 is 25.8 Å². The molecule has 7 nitrogen and oxygen atoms in total. The standard InChI is InChI=1S/C16H23N3O4/c1-10(2)15(17)16(21)19-9-14(20)18-8-11-3-4-12-13(7-11)23-6-5-22-12/h3-4,7,10,15H,5-6,8-9,17H2,1-2H3,(H,18,20)(H,19,21)/t15-/m0/s1. The lowest BCUT2D eigenvalue weighted by Crippen LogP contribution is -2.47. The number of carbonyl (C=O) groups excluding carboxylic acids is 2. The summed E-state index contributed by atoms with van der Waals surface area (Å²) in [5.74, 6) is 0.815. The number of fused-ring (bicyclic) bond motifs is 1. The molecular weight excluding hydrogens is 298 g/mol. The van der Waals surface area contributed by atoms with Crippen molar-refractivity contribution in [2.75, 3.05) is 19.8 Å². The van der Waals surface area contributed by atoms with Crippen LogP contribution in [0.15, 0.2) is 18.2 Å². The van der Waals surface area contributed by atoms with E-state index in [2.05, 4.69) is 10.6 Å². The molecule has 0 radical (unpaired) electrons. The minimum Gasteiger partial charge on any atom is -0.486 e. The van der Waals surface area contributed by atoms with Crippen LogP contribution in [0.2, 0.25) is 0 Å². The quantitative estimate of drug-likeness (QED) is 0.693. The fourth-order valence-corrected chi connectivity index (χ4v) is 2.05. The molecule has 1 atom stereocenters. The van der Waals surface area contributed by atoms with E-state index in [0.29, 0.717) is 31.3 Å². The third-order valence-electron chi connectivity index (χ3n) is 3.54. The molecule has 0 fully saturated rings. The fourth-order valence-electron chi connectivity index (χ4n) is 2.05. The summed E-state index contributed by atoms with van der Waals surface area (Å²) in [5.41, 5.74) is 6.60. The molecule has 0 saturated heterocycles. The summed E-state index contributed by atoms with van der Waals surface area (Å²) in [6.07, 6.45) is 0. The fraction of sp³-hybridized carbons (Fsp3) is 0.500. The number of ether oxygens (including phenoxy) is 2. The monoisotopic (exact) mass is 321 g/mol. The molecule has 0 bridgehead atoms. The van der Waals surface area contributed by atoms with Crippen LogP contribution in [0, 0.1) is 5.92 Å². The molecule has 2 rings (SSSR count). The summed E-state index contributed by atoms with van der Waals surface area (Å²) < 4.78 is 10.9. The molecule has 0 aliphatic carbocycles. The Bertz CT molecular complexity index is 574. The van der Waals surface area contributed by atoms with Gasteiger partial charge >= 0.3 is 0 Å². The van der Waals surface area contributed by atoms with Gasteiger partial charge in [-0.2, -0.15) is 0 Å². The van der Waals surface area contributed by atoms with Crippen molar-refractivity contribution in [1.29, 1.82) is 0 Å². The van der Waals surface area contributed by atoms with Gasteiger partial charge in [-0.05, 0) is 23.6 Å². The highest BCUT2D eigenvalue weighted by Crippen LogP contribution is 2.30. The predicted octanol–water partition coefficient (Wildman–Crippen LogP) is 0.174. The minimum atomic E-state index is -0.611. The predicted molar refractivity (Wildman–Crippen MR) is 85.1 cm³/mol. The lowest BCUT2D eigenvalue weighted by Gasteiger charge is -2.19. The molecule has 0 saturated carbocycles. The van der Waals surface area contributed by atoms with Crippen molar-refractivity contribution in [3.05, 3.63) is 23.8 Å². The summed E-state index contributed by atoms with van der Waals surface area (Å²) >= 11 is 0. The van der Waals surface area contributed by atoms with Gasteiger partial charge in [-0.25, -0.2) is 0 Å². The first-order chi connectivity index (χ1) is 11.0. The maximum absolute atomic E-state index is 11.8. The number of hydrogen-bond donors (Lipinski definition) is 3. The molecule has 126 valence electrons. The summed E-state index contributed by atoms with van der Waals surface area (Å²) in [4.78, 5) is 23.5. The van der Waals surface area contributed by atoms with E-state index in [-0.39, 0.29) is 24.3 Å². The van der Waals surface area contributed by atoms with E-state index >= 15 is 0 Å². The third kappa shape index (κ3) is 4.85. The zero-order valence-electron chi connectivity index (χ0n) is 13.4. The first-order valence-electron chi connectivity index (χ1n) is 7.66. The second-order valence-electron chi connectivity index (χ2n) is 5.74. The van der Waals surface area contributed by atoms with Crippen LogP contribution in [-0.4, -0.2) is 37.6 Å². The average Bonchev–Trinajstić information content (AvgIpc) is 2.56. The second kappa shape index (κ2) is 7.82. The largest absolute Gasteiger partial charge is 0.486 e. The van der Waals surface area contributed by atoms with Crippen molar-refractivity contribution < 1.29 is 19.1 Å². The van der Waals surface area contributed by atoms with E-state index in [0.717, 1.165) is 5.56 Å². The Morgan fingerprint density at radius 3 is 2.57 bits per heavy atom. The van der Waals surface area contributed by atoms with Gasteiger partial charge in [-0.3, -0.25) is 9.59 Å². The molecule has 1 aliphatic heterocycles. The van der Waals surface area contributed by atoms with E-state index in [1.807, 2.05) is 32.0 Å². The van der Waals surface area contributed by atoms with Crippen LogP contribution in [0.1, 0.15) is 19.4 Å². The van der Waals surface area contributed by atoms with E-state index in [4.69, 9.17) is 15.2 Å². The van der Waals surface area contributed by atoms with Crippen molar-refractivity contribution in [2.45, 2.75) is 26.4 Å². The van der Waals surface area contributed by atoms with Crippen molar-refractivity contribution >= 4 is 11.8 Å². The van der Waals surface area contributed by atoms with Crippen LogP contribution >= 0.6 is 0 Å². The summed E-state index contributed by atoms with van der Waals surface area (Å²) in [7, 11) is 0. The van der Waals surface area contributed by atoms with Gasteiger partial charge in [-0.15, -0.1) is 0 Å². The summed E-state index contributed by atoms with van der Waals surface area (Å²) in [6.45, 7) is 5.02. The van der Waals surface area contributed by atoms with Crippen molar-refractivity contribution in [3.8, 4) is 11.5 Å². The van der Waals surface area contributed by atoms with Gasteiger partial charge in [0.2, 0.25) is 11.8 Å². The lowest BCUT2D eigenvalue weighted by molar-refractivity contribution is -0.127. The number of nitrogens with one attached hydrogen (secondary N) is 2. The average molecular weight is 321 g/mol. The Morgan fingerprint density at radius 1 is 1.17 bits per heavy atom. The molecule has 23 heavy (non-hydrogen) atoms. The minimum absolute atomic E-state index is 0.0239. The van der Waals surface area contributed by atoms with Gasteiger partial charge in [-0.1, -0.05) is 19.9 Å². The van der Waals surface area contributed by atoms with Gasteiger partial charge < -0.3 is 25.8 Å². The normalized spacial score (nSPS) is 14.3. The number of carbonyl (C=O) groups is 2. The smallest absolute Gasteiger partial charge is 0.239 e. The van der Waals surface area contributed by atoms with Gasteiger partial charge in [0.1, 0.15) is 13.2 Å². The van der Waals surface area contributed by atoms with Crippen LogP contribution in [0.5, 0.6) is 11.5 Å². The van der Waals surface area contributed by atoms with Crippen LogP contribution in [0.4, 0.5) is 0 Å². The van der Waals surface area contributed by atoms with Crippen molar-refractivity contribution in [3.63, 3.8) is 0 Å². The Balaban J connectivity index is 1.77. The van der Waals surface area contributed by atoms with Crippen molar-refractivity contribution in [1.82, 2.24) is 10.6 Å². The van der Waals surface area contributed by atoms with Gasteiger partial charge in [0.05, 0.1) is 12.6 Å². The SMILES string of the molecule is CC(C)[C@H](N)C(=O)NCC(=O)NCc1ccc2c(c1)OCCO2. The Kier molecular flexibility index (Phi) is 5.81. The summed E-state index contributed by atoms with van der Waals surface area (Å²) in [5, 5.41) is 5.27. The van der Waals surface area contributed by atoms with E-state index in [9.17, 15) is 9.59 Å². The molecule has 0 spiro atoms. The molecule has 7 heteroatoms. The molecule has 1 aromatic carbocycles. The van der Waals surface area contributed by atoms with E-state index < -0.39 is 6.04 Å². The van der Waals surface area contributed by atoms with Gasteiger partial charge in [0.25, 0.3) is 0 Å². The molecule has 2 amide bonds. The second-order valence-corrected chi connectivity index (χ2v) is 5.74. The van der Waals surface area contributed by atoms with Crippen LogP contribution in [0.25, 0.3) is 0 Å². The van der Waals surface area contributed by atoms with Gasteiger partial charge in [0, 0.05) is 6.54 Å². The number of benzene rings is 1. The first kappa shape index (κ1) is 17.1. The maximum atomic E-state index is 11.8. The maximum Gasteiger partial charge on any atom is 0.239 e. The molecule has 0 unspecified atom stereocenters. The number of amides is 2. The van der Waals surface area contributed by atoms with Crippen molar-refractivity contribution in [2.24, 2.45) is 11.7 Å². The molecule has 1 aliphatic rings. The highest BCUT2D eigenvalue weighted by molar-refractivity contribution is 5.87. The Labute approximate surface area is 135 Å². The zero-order chi connectivity index (χ0) is 16.8. The number of rotatable bonds is 6. The lowest BCUT2D eigenvalue weighted by atomic mass is 10.1. The van der Waals surface area contributed by atoms with Crippen LogP contribution in [0.3, 0.4) is 0 Å². The summed E-state index contributed by atoms with van der Waals surface area (Å²) in [6, 6.07) is 4.91. The van der Waals surface area contributed by atoms with Gasteiger partial charge in [0.15, 0.2) is 11.5 Å². The molecule has 1 heterocycles. The highest BCUT2D eigenvalue weighted by atomic mass is 16.6. The number of hydrogen-bond acceptors (Lipinski definition) is 5. The van der Waals surface area contributed by atoms with Crippen LogP contribution in [-0.2, 0) is 16.1 Å². The third-order valence-corrected chi connectivity index (χ3v) is 3.54. The first-order valence-corrected chi connectivity index (χ1v) is 7.66. The van der Waals surface area contributed by atoms with E-state index in [1.165, 1.54) is 0 Å². The number of nitrogens with two attached hydrogens (primary N) is 1. The molecular formula is C16H23N3O4. The molecule has 0 aromatic heterocycles. The topological polar surface area (TPSA) is 103 Å². The van der Waals surface area contributed by atoms with E-state index in [1.54, 1.807) is 0 Å². The molecule has 4 N–H and O–H groups in total. The Hall–Kier alpha value is -2.28. The Morgan fingerprint density at radius 2 is 1.87 bits per heavy atom. The highest BCUT2D eigenvalue weighted by Gasteiger charge is 2.17. The molecule has 1 aromatic rings. The zero-order valence-corrected chi connectivity index (χ0v) is 13.4.